The average Bonchev–Trinajstić information content (AvgIpc) is 2.75. The number of phenolic OH excluding ortho intramolecular Hbond substituents is 1. The zero-order valence-corrected chi connectivity index (χ0v) is 15.8. The Morgan fingerprint density at radius 2 is 1.39 bits per heavy atom. The molecule has 0 saturated carbocycles. The Bertz CT molecular complexity index is 1550. The number of aromatic hydroxyl groups is 1. The van der Waals surface area contributed by atoms with E-state index >= 15 is 0 Å². The summed E-state index contributed by atoms with van der Waals surface area (Å²) in [5, 5.41) is 14.5. The maximum Gasteiger partial charge on any atom is 0.266 e. The summed E-state index contributed by atoms with van der Waals surface area (Å²) in [7, 11) is 0. The fourth-order valence-electron chi connectivity index (χ4n) is 4.52. The lowest BCUT2D eigenvalue weighted by atomic mass is 9.90. The number of hydrogen-bond donors (Lipinski definition) is 2. The molecule has 2 heterocycles. The van der Waals surface area contributed by atoms with Gasteiger partial charge in [-0.1, -0.05) is 30.3 Å². The minimum absolute atomic E-state index is 0.0881. The van der Waals surface area contributed by atoms with Crippen LogP contribution in [0.2, 0.25) is 0 Å². The molecule has 4 aromatic rings. The van der Waals surface area contributed by atoms with Gasteiger partial charge in [0.1, 0.15) is 5.75 Å². The Balaban J connectivity index is 1.68. The Hall–Kier alpha value is -4.52. The third-order valence-corrected chi connectivity index (χ3v) is 5.79. The molecule has 0 atom stereocenters. The number of carbonyl (C=O) groups excluding carboxylic acids is 4. The smallest absolute Gasteiger partial charge is 0.266 e. The van der Waals surface area contributed by atoms with Crippen LogP contribution in [0.5, 0.6) is 5.75 Å². The molecular formula is C24H12N2O5. The van der Waals surface area contributed by atoms with E-state index in [9.17, 15) is 24.3 Å². The summed E-state index contributed by atoms with van der Waals surface area (Å²) in [6.07, 6.45) is 0. The molecule has 2 N–H and O–H groups in total. The van der Waals surface area contributed by atoms with Crippen molar-refractivity contribution in [3.63, 3.8) is 0 Å². The number of benzene rings is 4. The van der Waals surface area contributed by atoms with Crippen molar-refractivity contribution < 1.29 is 24.3 Å². The summed E-state index contributed by atoms with van der Waals surface area (Å²) in [6, 6.07) is 16.0. The van der Waals surface area contributed by atoms with Gasteiger partial charge < -0.3 is 5.11 Å². The molecule has 7 heteroatoms. The zero-order valence-electron chi connectivity index (χ0n) is 15.8. The van der Waals surface area contributed by atoms with Crippen molar-refractivity contribution in [1.29, 1.82) is 0 Å². The average molecular weight is 408 g/mol. The van der Waals surface area contributed by atoms with Crippen LogP contribution in [-0.4, -0.2) is 28.7 Å². The lowest BCUT2D eigenvalue weighted by molar-refractivity contribution is 0.0845. The normalized spacial score (nSPS) is 15.0. The lowest BCUT2D eigenvalue weighted by Crippen LogP contribution is -2.43. The molecule has 2 aliphatic rings. The Kier molecular flexibility index (Phi) is 3.22. The predicted octanol–water partition coefficient (Wildman–Crippen LogP) is 3.38. The molecule has 0 saturated heterocycles. The van der Waals surface area contributed by atoms with Gasteiger partial charge in [0.2, 0.25) is 0 Å². The Morgan fingerprint density at radius 1 is 0.677 bits per heavy atom. The van der Waals surface area contributed by atoms with E-state index in [4.69, 9.17) is 0 Å². The quantitative estimate of drug-likeness (QED) is 0.470. The summed E-state index contributed by atoms with van der Waals surface area (Å²) < 4.78 is 0. The highest BCUT2D eigenvalue weighted by molar-refractivity contribution is 6.38. The second-order valence-corrected chi connectivity index (χ2v) is 7.49. The summed E-state index contributed by atoms with van der Waals surface area (Å²) in [4.78, 5) is 53.0. The first-order valence-electron chi connectivity index (χ1n) is 9.51. The van der Waals surface area contributed by atoms with Gasteiger partial charge in [-0.05, 0) is 41.1 Å². The molecule has 0 fully saturated rings. The molecule has 0 radical (unpaired) electrons. The monoisotopic (exact) mass is 408 g/mol. The summed E-state index contributed by atoms with van der Waals surface area (Å²) in [5.41, 5.74) is 0.931. The molecular weight excluding hydrogens is 396 g/mol. The van der Waals surface area contributed by atoms with Gasteiger partial charge >= 0.3 is 0 Å². The van der Waals surface area contributed by atoms with Crippen LogP contribution in [0, 0.1) is 0 Å². The van der Waals surface area contributed by atoms with Crippen molar-refractivity contribution in [1.82, 2.24) is 5.32 Å². The lowest BCUT2D eigenvalue weighted by Gasteiger charge is -2.30. The van der Waals surface area contributed by atoms with E-state index in [0.717, 1.165) is 4.90 Å². The number of hydrogen-bond acceptors (Lipinski definition) is 5. The molecule has 0 aliphatic carbocycles. The fourth-order valence-corrected chi connectivity index (χ4v) is 4.52. The maximum atomic E-state index is 13.4. The second-order valence-electron chi connectivity index (χ2n) is 7.49. The van der Waals surface area contributed by atoms with E-state index in [2.05, 4.69) is 5.32 Å². The van der Waals surface area contributed by atoms with Crippen molar-refractivity contribution in [2.75, 3.05) is 4.90 Å². The highest BCUT2D eigenvalue weighted by Gasteiger charge is 2.38. The van der Waals surface area contributed by atoms with Gasteiger partial charge in [0.05, 0.1) is 16.8 Å². The SMILES string of the molecule is O=C1NC(=O)c2c(N3C(=O)c4cccc5cc(O)cc(c45)C3=O)ccc3cccc1c23. The van der Waals surface area contributed by atoms with Gasteiger partial charge in [0.25, 0.3) is 23.6 Å². The number of nitrogens with one attached hydrogen (secondary N) is 1. The highest BCUT2D eigenvalue weighted by atomic mass is 16.3. The summed E-state index contributed by atoms with van der Waals surface area (Å²) in [5.74, 6) is -2.54. The first-order valence-corrected chi connectivity index (χ1v) is 9.51. The first kappa shape index (κ1) is 17.3. The third-order valence-electron chi connectivity index (χ3n) is 5.79. The molecule has 31 heavy (non-hydrogen) atoms. The standard InChI is InChI=1S/C24H12N2O5/c27-13-9-12-4-2-6-15-18(12)16(10-13)24(31)26(23(15)30)17-8-7-11-3-1-5-14-19(11)20(17)22(29)25-21(14)28/h1-10,27H,(H,25,28,29). The molecule has 7 nitrogen and oxygen atoms in total. The van der Waals surface area contributed by atoms with Crippen molar-refractivity contribution >= 4 is 50.9 Å². The number of amides is 4. The topological polar surface area (TPSA) is 104 Å². The van der Waals surface area contributed by atoms with Gasteiger partial charge in [-0.2, -0.15) is 0 Å². The molecule has 2 aliphatic heterocycles. The van der Waals surface area contributed by atoms with Crippen molar-refractivity contribution in [2.45, 2.75) is 0 Å². The van der Waals surface area contributed by atoms with Crippen LogP contribution in [0.3, 0.4) is 0 Å². The molecule has 4 amide bonds. The Labute approximate surface area is 174 Å². The van der Waals surface area contributed by atoms with Crippen LogP contribution in [0.1, 0.15) is 41.4 Å². The third kappa shape index (κ3) is 2.17. The van der Waals surface area contributed by atoms with Crippen LogP contribution in [0.25, 0.3) is 21.5 Å². The molecule has 0 spiro atoms. The molecule has 0 bridgehead atoms. The summed E-state index contributed by atoms with van der Waals surface area (Å²) >= 11 is 0. The van der Waals surface area contributed by atoms with E-state index in [1.54, 1.807) is 42.5 Å². The van der Waals surface area contributed by atoms with Crippen molar-refractivity contribution in [2.24, 2.45) is 0 Å². The number of imide groups is 2. The van der Waals surface area contributed by atoms with Gasteiger partial charge in [-0.25, -0.2) is 4.90 Å². The van der Waals surface area contributed by atoms with Crippen LogP contribution in [-0.2, 0) is 0 Å². The van der Waals surface area contributed by atoms with Crippen LogP contribution < -0.4 is 10.2 Å². The molecule has 4 aromatic carbocycles. The minimum atomic E-state index is -0.676. The molecule has 0 unspecified atom stereocenters. The van der Waals surface area contributed by atoms with Crippen molar-refractivity contribution in [3.05, 3.63) is 82.9 Å². The highest BCUT2D eigenvalue weighted by Crippen LogP contribution is 2.39. The number of anilines is 1. The second kappa shape index (κ2) is 5.76. The number of rotatable bonds is 1. The maximum absolute atomic E-state index is 13.4. The zero-order chi connectivity index (χ0) is 21.4. The van der Waals surface area contributed by atoms with Gasteiger partial charge in [0.15, 0.2) is 0 Å². The predicted molar refractivity (Wildman–Crippen MR) is 112 cm³/mol. The van der Waals surface area contributed by atoms with Gasteiger partial charge in [0, 0.05) is 21.9 Å². The van der Waals surface area contributed by atoms with Crippen LogP contribution >= 0.6 is 0 Å². The minimum Gasteiger partial charge on any atom is -0.508 e. The van der Waals surface area contributed by atoms with Gasteiger partial charge in [-0.15, -0.1) is 0 Å². The van der Waals surface area contributed by atoms with Crippen molar-refractivity contribution in [3.8, 4) is 5.75 Å². The summed E-state index contributed by atoms with van der Waals surface area (Å²) in [6.45, 7) is 0. The van der Waals surface area contributed by atoms with E-state index < -0.39 is 23.6 Å². The van der Waals surface area contributed by atoms with Crippen LogP contribution in [0.4, 0.5) is 5.69 Å². The number of nitrogens with zero attached hydrogens (tertiary/aromatic N) is 1. The van der Waals surface area contributed by atoms with Crippen LogP contribution in [0.15, 0.2) is 60.7 Å². The Morgan fingerprint density at radius 3 is 2.19 bits per heavy atom. The van der Waals surface area contributed by atoms with Gasteiger partial charge in [-0.3, -0.25) is 24.5 Å². The molecule has 6 rings (SSSR count). The van der Waals surface area contributed by atoms with E-state index in [0.29, 0.717) is 32.7 Å². The largest absolute Gasteiger partial charge is 0.508 e. The van der Waals surface area contributed by atoms with E-state index in [-0.39, 0.29) is 22.6 Å². The van der Waals surface area contributed by atoms with E-state index in [1.165, 1.54) is 18.2 Å². The number of carbonyl (C=O) groups is 4. The number of phenols is 1. The molecule has 148 valence electrons. The first-order chi connectivity index (χ1) is 15.0. The fraction of sp³-hybridized carbons (Fsp3) is 0. The molecule has 0 aromatic heterocycles. The van der Waals surface area contributed by atoms with E-state index in [1.807, 2.05) is 0 Å².